The van der Waals surface area contributed by atoms with Gasteiger partial charge in [-0.05, 0) is 41.8 Å². The molecule has 3 heterocycles. The van der Waals surface area contributed by atoms with Crippen LogP contribution >= 0.6 is 11.6 Å². The molecule has 0 atom stereocenters. The summed E-state index contributed by atoms with van der Waals surface area (Å²) in [5.41, 5.74) is 6.07. The molecule has 0 unspecified atom stereocenters. The van der Waals surface area contributed by atoms with Crippen LogP contribution < -0.4 is 0 Å². The van der Waals surface area contributed by atoms with Crippen LogP contribution in [0.1, 0.15) is 41.4 Å². The molecular formula is C28H29ClN4O. The van der Waals surface area contributed by atoms with Gasteiger partial charge in [-0.25, -0.2) is 4.98 Å². The van der Waals surface area contributed by atoms with Gasteiger partial charge in [0.1, 0.15) is 5.65 Å². The van der Waals surface area contributed by atoms with E-state index in [0.29, 0.717) is 10.9 Å². The standard InChI is InChI=1S/C28H29ClN4O/c1-20(2)23-7-3-4-8-24(23)28(34)32-17-15-31(16-18-32)19-25-27(21-10-12-22(29)13-11-21)30-26-9-5-6-14-33(25)26/h3-14,20H,15-19H2,1-2H3. The number of carbonyl (C=O) groups is 1. The van der Waals surface area contributed by atoms with Gasteiger partial charge in [-0.1, -0.05) is 61.8 Å². The number of rotatable bonds is 5. The van der Waals surface area contributed by atoms with Crippen LogP contribution in [0.25, 0.3) is 16.9 Å². The number of fused-ring (bicyclic) bond motifs is 1. The molecule has 0 spiro atoms. The second-order valence-electron chi connectivity index (χ2n) is 9.15. The number of halogens is 1. The molecule has 1 aliphatic rings. The number of amides is 1. The number of hydrogen-bond donors (Lipinski definition) is 0. The number of benzene rings is 2. The molecule has 1 aliphatic heterocycles. The van der Waals surface area contributed by atoms with Crippen molar-refractivity contribution in [3.63, 3.8) is 0 Å². The van der Waals surface area contributed by atoms with Crippen molar-refractivity contribution in [2.24, 2.45) is 0 Å². The minimum atomic E-state index is 0.139. The van der Waals surface area contributed by atoms with Crippen molar-refractivity contribution in [3.05, 3.63) is 94.8 Å². The summed E-state index contributed by atoms with van der Waals surface area (Å²) >= 11 is 6.12. The molecule has 5 nitrogen and oxygen atoms in total. The van der Waals surface area contributed by atoms with Crippen LogP contribution in [0.3, 0.4) is 0 Å². The Kier molecular flexibility index (Phi) is 6.40. The highest BCUT2D eigenvalue weighted by Crippen LogP contribution is 2.28. The third-order valence-corrected chi connectivity index (χ3v) is 6.84. The van der Waals surface area contributed by atoms with Gasteiger partial charge in [0.15, 0.2) is 0 Å². The average Bonchev–Trinajstić information content (AvgIpc) is 3.23. The van der Waals surface area contributed by atoms with E-state index in [4.69, 9.17) is 16.6 Å². The van der Waals surface area contributed by atoms with Crippen molar-refractivity contribution in [2.75, 3.05) is 26.2 Å². The van der Waals surface area contributed by atoms with Crippen LogP contribution in [0.4, 0.5) is 0 Å². The zero-order chi connectivity index (χ0) is 23.7. The Bertz CT molecular complexity index is 1300. The SMILES string of the molecule is CC(C)c1ccccc1C(=O)N1CCN(Cc2c(-c3ccc(Cl)cc3)nc3ccccn23)CC1. The van der Waals surface area contributed by atoms with Gasteiger partial charge in [-0.2, -0.15) is 0 Å². The highest BCUT2D eigenvalue weighted by Gasteiger charge is 2.26. The number of nitrogens with zero attached hydrogens (tertiary/aromatic N) is 4. The van der Waals surface area contributed by atoms with Crippen LogP contribution in [0.2, 0.25) is 5.02 Å². The Morgan fingerprint density at radius 1 is 0.941 bits per heavy atom. The van der Waals surface area contributed by atoms with E-state index in [2.05, 4.69) is 35.4 Å². The molecule has 1 fully saturated rings. The molecule has 2 aromatic heterocycles. The highest BCUT2D eigenvalue weighted by atomic mass is 35.5. The molecule has 0 aliphatic carbocycles. The number of hydrogen-bond acceptors (Lipinski definition) is 3. The molecule has 0 radical (unpaired) electrons. The molecule has 0 N–H and O–H groups in total. The molecule has 2 aromatic carbocycles. The quantitative estimate of drug-likeness (QED) is 0.372. The zero-order valence-electron chi connectivity index (χ0n) is 19.6. The zero-order valence-corrected chi connectivity index (χ0v) is 20.4. The van der Waals surface area contributed by atoms with E-state index >= 15 is 0 Å². The first kappa shape index (κ1) is 22.6. The van der Waals surface area contributed by atoms with E-state index in [9.17, 15) is 4.79 Å². The molecule has 34 heavy (non-hydrogen) atoms. The Morgan fingerprint density at radius 2 is 1.65 bits per heavy atom. The molecule has 5 rings (SSSR count). The normalized spacial score (nSPS) is 14.8. The molecule has 4 aromatic rings. The number of piperazine rings is 1. The minimum Gasteiger partial charge on any atom is -0.336 e. The van der Waals surface area contributed by atoms with E-state index in [1.54, 1.807) is 0 Å². The fraction of sp³-hybridized carbons (Fsp3) is 0.286. The molecule has 1 amide bonds. The van der Waals surface area contributed by atoms with Crippen LogP contribution in [0.5, 0.6) is 0 Å². The van der Waals surface area contributed by atoms with Crippen molar-refractivity contribution in [1.82, 2.24) is 19.2 Å². The minimum absolute atomic E-state index is 0.139. The van der Waals surface area contributed by atoms with Gasteiger partial charge in [-0.15, -0.1) is 0 Å². The lowest BCUT2D eigenvalue weighted by Gasteiger charge is -2.35. The Labute approximate surface area is 205 Å². The van der Waals surface area contributed by atoms with Gasteiger partial charge in [0.25, 0.3) is 5.91 Å². The number of aromatic nitrogens is 2. The number of pyridine rings is 1. The fourth-order valence-electron chi connectivity index (χ4n) is 4.72. The van der Waals surface area contributed by atoms with Crippen molar-refractivity contribution in [3.8, 4) is 11.3 Å². The Balaban J connectivity index is 1.34. The molecule has 1 saturated heterocycles. The van der Waals surface area contributed by atoms with Gasteiger partial charge in [0.05, 0.1) is 11.4 Å². The monoisotopic (exact) mass is 472 g/mol. The molecular weight excluding hydrogens is 444 g/mol. The number of imidazole rings is 1. The molecule has 0 bridgehead atoms. The second-order valence-corrected chi connectivity index (χ2v) is 9.59. The van der Waals surface area contributed by atoms with Gasteiger partial charge in [0, 0.05) is 55.1 Å². The lowest BCUT2D eigenvalue weighted by Crippen LogP contribution is -2.48. The van der Waals surface area contributed by atoms with E-state index in [0.717, 1.165) is 66.4 Å². The summed E-state index contributed by atoms with van der Waals surface area (Å²) in [7, 11) is 0. The van der Waals surface area contributed by atoms with E-state index < -0.39 is 0 Å². The number of carbonyl (C=O) groups excluding carboxylic acids is 1. The first-order valence-electron chi connectivity index (χ1n) is 11.8. The van der Waals surface area contributed by atoms with Crippen molar-refractivity contribution < 1.29 is 4.79 Å². The van der Waals surface area contributed by atoms with Crippen molar-refractivity contribution in [1.29, 1.82) is 0 Å². The average molecular weight is 473 g/mol. The predicted molar refractivity (Wildman–Crippen MR) is 137 cm³/mol. The second kappa shape index (κ2) is 9.61. The Hall–Kier alpha value is -3.15. The summed E-state index contributed by atoms with van der Waals surface area (Å²) in [6.45, 7) is 8.14. The maximum Gasteiger partial charge on any atom is 0.254 e. The maximum atomic E-state index is 13.3. The summed E-state index contributed by atoms with van der Waals surface area (Å²) in [5, 5.41) is 0.717. The van der Waals surface area contributed by atoms with Crippen LogP contribution in [0, 0.1) is 0 Å². The third kappa shape index (κ3) is 4.46. The highest BCUT2D eigenvalue weighted by molar-refractivity contribution is 6.30. The van der Waals surface area contributed by atoms with Gasteiger partial charge < -0.3 is 9.30 Å². The first-order valence-corrected chi connectivity index (χ1v) is 12.2. The predicted octanol–water partition coefficient (Wildman–Crippen LogP) is 5.74. The summed E-state index contributed by atoms with van der Waals surface area (Å²) < 4.78 is 2.17. The van der Waals surface area contributed by atoms with Crippen LogP contribution in [-0.2, 0) is 6.54 Å². The van der Waals surface area contributed by atoms with E-state index in [1.165, 1.54) is 0 Å². The summed E-state index contributed by atoms with van der Waals surface area (Å²) in [4.78, 5) is 22.6. The fourth-order valence-corrected chi connectivity index (χ4v) is 4.85. The maximum absolute atomic E-state index is 13.3. The largest absolute Gasteiger partial charge is 0.336 e. The van der Waals surface area contributed by atoms with Crippen molar-refractivity contribution in [2.45, 2.75) is 26.3 Å². The first-order chi connectivity index (χ1) is 16.5. The topological polar surface area (TPSA) is 40.9 Å². The summed E-state index contributed by atoms with van der Waals surface area (Å²) in [5.74, 6) is 0.462. The van der Waals surface area contributed by atoms with Gasteiger partial charge in [-0.3, -0.25) is 9.69 Å². The molecule has 0 saturated carbocycles. The summed E-state index contributed by atoms with van der Waals surface area (Å²) in [6, 6.07) is 21.9. The lowest BCUT2D eigenvalue weighted by molar-refractivity contribution is 0.0625. The van der Waals surface area contributed by atoms with Gasteiger partial charge in [0.2, 0.25) is 0 Å². The van der Waals surface area contributed by atoms with Crippen LogP contribution in [-0.4, -0.2) is 51.3 Å². The Morgan fingerprint density at radius 3 is 2.38 bits per heavy atom. The third-order valence-electron chi connectivity index (χ3n) is 6.59. The van der Waals surface area contributed by atoms with Crippen molar-refractivity contribution >= 4 is 23.2 Å². The van der Waals surface area contributed by atoms with Crippen LogP contribution in [0.15, 0.2) is 72.9 Å². The molecule has 6 heteroatoms. The lowest BCUT2D eigenvalue weighted by atomic mass is 9.96. The molecule has 174 valence electrons. The van der Waals surface area contributed by atoms with E-state index in [-0.39, 0.29) is 5.91 Å². The smallest absolute Gasteiger partial charge is 0.254 e. The summed E-state index contributed by atoms with van der Waals surface area (Å²) in [6.07, 6.45) is 2.07. The van der Waals surface area contributed by atoms with Gasteiger partial charge >= 0.3 is 0 Å². The van der Waals surface area contributed by atoms with E-state index in [1.807, 2.05) is 65.6 Å².